The van der Waals surface area contributed by atoms with Crippen molar-refractivity contribution in [2.24, 2.45) is 0 Å². The van der Waals surface area contributed by atoms with E-state index in [1.54, 1.807) is 19.1 Å². The number of carbonyl (C=O) groups is 1. The molecule has 1 aromatic carbocycles. The first-order valence-electron chi connectivity index (χ1n) is 9.96. The van der Waals surface area contributed by atoms with Crippen LogP contribution in [0.1, 0.15) is 18.4 Å². The van der Waals surface area contributed by atoms with Gasteiger partial charge in [-0.05, 0) is 43.5 Å². The van der Waals surface area contributed by atoms with Gasteiger partial charge in [-0.1, -0.05) is 6.07 Å². The number of sulfonamides is 2. The van der Waals surface area contributed by atoms with Crippen molar-refractivity contribution in [1.82, 2.24) is 13.2 Å². The van der Waals surface area contributed by atoms with Crippen molar-refractivity contribution in [2.45, 2.75) is 36.1 Å². The molecule has 1 aliphatic rings. The molecule has 1 aliphatic heterocycles. The van der Waals surface area contributed by atoms with Gasteiger partial charge in [0.15, 0.2) is 0 Å². The Bertz CT molecular complexity index is 1290. The largest absolute Gasteiger partial charge is 0.324 e. The fraction of sp³-hybridized carbons (Fsp3) is 0.400. The maximum absolute atomic E-state index is 12.7. The molecule has 2 heterocycles. The van der Waals surface area contributed by atoms with Crippen molar-refractivity contribution in [3.8, 4) is 0 Å². The number of nitrogens with one attached hydrogen (secondary N) is 1. The van der Waals surface area contributed by atoms with Crippen LogP contribution in [0.25, 0.3) is 0 Å². The van der Waals surface area contributed by atoms with E-state index in [-0.39, 0.29) is 15.5 Å². The van der Waals surface area contributed by atoms with Gasteiger partial charge in [0.1, 0.15) is 6.54 Å². The molecule has 0 bridgehead atoms. The second-order valence-electron chi connectivity index (χ2n) is 7.76. The zero-order valence-corrected chi connectivity index (χ0v) is 19.7. The van der Waals surface area contributed by atoms with E-state index in [1.165, 1.54) is 30.5 Å². The fourth-order valence-corrected chi connectivity index (χ4v) is 6.05. The SMILES string of the molecule is Cc1ccc(NC(=O)Cn2cc(S(=O)(=O)N3CCCC3)ccc2=O)cc1S(=O)(=O)N(C)C. The van der Waals surface area contributed by atoms with E-state index in [4.69, 9.17) is 0 Å². The number of pyridine rings is 1. The van der Waals surface area contributed by atoms with Gasteiger partial charge in [-0.15, -0.1) is 0 Å². The Labute approximate surface area is 187 Å². The first kappa shape index (κ1) is 24.1. The van der Waals surface area contributed by atoms with Crippen molar-refractivity contribution in [3.05, 3.63) is 52.4 Å². The molecule has 10 nitrogen and oxygen atoms in total. The minimum atomic E-state index is -3.74. The molecule has 1 fully saturated rings. The lowest BCUT2D eigenvalue weighted by molar-refractivity contribution is -0.116. The van der Waals surface area contributed by atoms with Crippen LogP contribution in [0, 0.1) is 6.92 Å². The number of benzene rings is 1. The summed E-state index contributed by atoms with van der Waals surface area (Å²) < 4.78 is 53.9. The van der Waals surface area contributed by atoms with E-state index in [2.05, 4.69) is 5.32 Å². The highest BCUT2D eigenvalue weighted by Crippen LogP contribution is 2.23. The number of carbonyl (C=O) groups excluding carboxylic acids is 1. The number of amides is 1. The number of hydrogen-bond donors (Lipinski definition) is 1. The number of nitrogens with zero attached hydrogens (tertiary/aromatic N) is 3. The van der Waals surface area contributed by atoms with E-state index in [9.17, 15) is 26.4 Å². The molecule has 0 radical (unpaired) electrons. The molecule has 1 amide bonds. The predicted molar refractivity (Wildman–Crippen MR) is 119 cm³/mol. The van der Waals surface area contributed by atoms with Gasteiger partial charge in [0.25, 0.3) is 5.56 Å². The average molecular weight is 483 g/mol. The fourth-order valence-electron chi connectivity index (χ4n) is 3.37. The third-order valence-corrected chi connectivity index (χ3v) is 9.04. The maximum atomic E-state index is 12.7. The summed E-state index contributed by atoms with van der Waals surface area (Å²) in [6, 6.07) is 6.83. The van der Waals surface area contributed by atoms with Crippen molar-refractivity contribution < 1.29 is 21.6 Å². The third kappa shape index (κ3) is 4.93. The van der Waals surface area contributed by atoms with Crippen LogP contribution in [-0.4, -0.2) is 63.1 Å². The van der Waals surface area contributed by atoms with Gasteiger partial charge in [0.05, 0.1) is 9.79 Å². The molecule has 0 saturated carbocycles. The number of aromatic nitrogens is 1. The van der Waals surface area contributed by atoms with Crippen molar-refractivity contribution in [3.63, 3.8) is 0 Å². The summed E-state index contributed by atoms with van der Waals surface area (Å²) in [7, 11) is -4.62. The Kier molecular flexibility index (Phi) is 6.89. The molecule has 32 heavy (non-hydrogen) atoms. The van der Waals surface area contributed by atoms with E-state index in [0.29, 0.717) is 18.7 Å². The molecule has 0 unspecified atom stereocenters. The molecule has 2 aromatic rings. The summed E-state index contributed by atoms with van der Waals surface area (Å²) in [5.41, 5.74) is 0.239. The standard InChI is InChI=1S/C20H26N4O6S2/c1-15-6-7-16(12-18(15)32(29,30)22(2)3)21-19(25)14-23-13-17(8-9-20(23)26)31(27,28)24-10-4-5-11-24/h6-9,12-13H,4-5,10-11,14H2,1-3H3,(H,21,25). The zero-order valence-electron chi connectivity index (χ0n) is 18.1. The van der Waals surface area contributed by atoms with Crippen molar-refractivity contribution >= 4 is 31.6 Å². The minimum absolute atomic E-state index is 0.0520. The molecular formula is C20H26N4O6S2. The average Bonchev–Trinajstić information content (AvgIpc) is 3.26. The van der Waals surface area contributed by atoms with Gasteiger partial charge in [0, 0.05) is 45.1 Å². The quantitative estimate of drug-likeness (QED) is 0.623. The third-order valence-electron chi connectivity index (χ3n) is 5.20. The van der Waals surface area contributed by atoms with Gasteiger partial charge in [-0.3, -0.25) is 9.59 Å². The molecule has 0 aliphatic carbocycles. The summed E-state index contributed by atoms with van der Waals surface area (Å²) in [5.74, 6) is -0.597. The normalized spacial score (nSPS) is 15.2. The summed E-state index contributed by atoms with van der Waals surface area (Å²) in [6.07, 6.45) is 2.72. The van der Waals surface area contributed by atoms with Crippen LogP contribution >= 0.6 is 0 Å². The van der Waals surface area contributed by atoms with Gasteiger partial charge in [0.2, 0.25) is 26.0 Å². The van der Waals surface area contributed by atoms with E-state index >= 15 is 0 Å². The highest BCUT2D eigenvalue weighted by Gasteiger charge is 2.28. The number of anilines is 1. The van der Waals surface area contributed by atoms with Crippen molar-refractivity contribution in [2.75, 3.05) is 32.5 Å². The second-order valence-corrected chi connectivity index (χ2v) is 11.8. The van der Waals surface area contributed by atoms with Crippen LogP contribution in [0.2, 0.25) is 0 Å². The maximum Gasteiger partial charge on any atom is 0.251 e. The predicted octanol–water partition coefficient (Wildman–Crippen LogP) is 0.830. The monoisotopic (exact) mass is 482 g/mol. The Morgan fingerprint density at radius 1 is 1.06 bits per heavy atom. The van der Waals surface area contributed by atoms with E-state index in [1.807, 2.05) is 0 Å². The van der Waals surface area contributed by atoms with Crippen LogP contribution in [0.3, 0.4) is 0 Å². The smallest absolute Gasteiger partial charge is 0.251 e. The van der Waals surface area contributed by atoms with Crippen LogP contribution < -0.4 is 10.9 Å². The Hall–Kier alpha value is -2.54. The number of hydrogen-bond acceptors (Lipinski definition) is 6. The Balaban J connectivity index is 1.82. The number of aryl methyl sites for hydroxylation is 1. The van der Waals surface area contributed by atoms with Gasteiger partial charge < -0.3 is 9.88 Å². The molecular weight excluding hydrogens is 456 g/mol. The van der Waals surface area contributed by atoms with Gasteiger partial charge in [-0.25, -0.2) is 21.1 Å². The van der Waals surface area contributed by atoms with Gasteiger partial charge >= 0.3 is 0 Å². The van der Waals surface area contributed by atoms with Crippen LogP contribution in [0.5, 0.6) is 0 Å². The van der Waals surface area contributed by atoms with Gasteiger partial charge in [-0.2, -0.15) is 4.31 Å². The highest BCUT2D eigenvalue weighted by molar-refractivity contribution is 7.89. The Morgan fingerprint density at radius 2 is 1.72 bits per heavy atom. The summed E-state index contributed by atoms with van der Waals surface area (Å²) in [4.78, 5) is 24.7. The topological polar surface area (TPSA) is 126 Å². The molecule has 1 N–H and O–H groups in total. The molecule has 12 heteroatoms. The summed E-state index contributed by atoms with van der Waals surface area (Å²) in [5, 5.41) is 2.57. The van der Waals surface area contributed by atoms with E-state index in [0.717, 1.165) is 34.0 Å². The van der Waals surface area contributed by atoms with E-state index < -0.39 is 38.1 Å². The lowest BCUT2D eigenvalue weighted by Gasteiger charge is -2.17. The molecule has 0 spiro atoms. The summed E-state index contributed by atoms with van der Waals surface area (Å²) >= 11 is 0. The lowest BCUT2D eigenvalue weighted by atomic mass is 10.2. The first-order chi connectivity index (χ1) is 14.9. The zero-order chi connectivity index (χ0) is 23.7. The second kappa shape index (κ2) is 9.14. The minimum Gasteiger partial charge on any atom is -0.324 e. The molecule has 3 rings (SSSR count). The van der Waals surface area contributed by atoms with Crippen molar-refractivity contribution in [1.29, 1.82) is 0 Å². The Morgan fingerprint density at radius 3 is 2.34 bits per heavy atom. The molecule has 174 valence electrons. The highest BCUT2D eigenvalue weighted by atomic mass is 32.2. The molecule has 1 aromatic heterocycles. The van der Waals surface area contributed by atoms with Crippen LogP contribution in [0.15, 0.2) is 51.1 Å². The molecule has 1 saturated heterocycles. The summed E-state index contributed by atoms with van der Waals surface area (Å²) in [6.45, 7) is 2.07. The van der Waals surface area contributed by atoms with Crippen LogP contribution in [-0.2, 0) is 31.4 Å². The van der Waals surface area contributed by atoms with Crippen LogP contribution in [0.4, 0.5) is 5.69 Å². The number of rotatable bonds is 7. The molecule has 0 atom stereocenters. The first-order valence-corrected chi connectivity index (χ1v) is 12.8. The lowest BCUT2D eigenvalue weighted by Crippen LogP contribution is -2.31.